The van der Waals surface area contributed by atoms with E-state index in [9.17, 15) is 14.4 Å². The van der Waals surface area contributed by atoms with Crippen molar-refractivity contribution in [1.82, 2.24) is 5.32 Å². The molecule has 0 radical (unpaired) electrons. The van der Waals surface area contributed by atoms with Crippen LogP contribution in [0.15, 0.2) is 0 Å². The molecule has 1 unspecified atom stereocenters. The summed E-state index contributed by atoms with van der Waals surface area (Å²) in [5.74, 6) is -1.41. The molecular formula is C11H19NO5. The summed E-state index contributed by atoms with van der Waals surface area (Å²) in [5.41, 5.74) is -0.922. The maximum absolute atomic E-state index is 11.6. The van der Waals surface area contributed by atoms with Crippen molar-refractivity contribution in [3.63, 3.8) is 0 Å². The molecule has 0 aliphatic carbocycles. The lowest BCUT2D eigenvalue weighted by molar-refractivity contribution is -0.153. The maximum Gasteiger partial charge on any atom is 0.328 e. The van der Waals surface area contributed by atoms with Crippen LogP contribution in [0.25, 0.3) is 0 Å². The summed E-state index contributed by atoms with van der Waals surface area (Å²) in [6.45, 7) is 4.71. The van der Waals surface area contributed by atoms with Crippen LogP contribution >= 0.6 is 0 Å². The normalized spacial score (nSPS) is 12.5. The number of rotatable bonds is 5. The second-order valence-electron chi connectivity index (χ2n) is 4.36. The van der Waals surface area contributed by atoms with Gasteiger partial charge >= 0.3 is 11.9 Å². The van der Waals surface area contributed by atoms with Crippen LogP contribution in [0.4, 0.5) is 0 Å². The van der Waals surface area contributed by atoms with Crippen molar-refractivity contribution in [1.29, 1.82) is 0 Å². The number of carbonyl (C=O) groups excluding carboxylic acids is 3. The molecule has 0 aromatic rings. The van der Waals surface area contributed by atoms with E-state index in [1.165, 1.54) is 21.1 Å². The highest BCUT2D eigenvalue weighted by molar-refractivity contribution is 5.88. The van der Waals surface area contributed by atoms with Crippen LogP contribution in [0.5, 0.6) is 0 Å². The van der Waals surface area contributed by atoms with Crippen molar-refractivity contribution in [2.75, 3.05) is 14.2 Å². The molecule has 0 aromatic carbocycles. The van der Waals surface area contributed by atoms with Gasteiger partial charge in [-0.25, -0.2) is 4.79 Å². The minimum absolute atomic E-state index is 0.0546. The number of carbonyl (C=O) groups is 3. The van der Waals surface area contributed by atoms with Gasteiger partial charge in [-0.15, -0.1) is 0 Å². The minimum Gasteiger partial charge on any atom is -0.469 e. The lowest BCUT2D eigenvalue weighted by atomic mass is 9.89. The molecule has 0 heterocycles. The predicted octanol–water partition coefficient (Wildman–Crippen LogP) is 0.253. The Balaban J connectivity index is 4.37. The number of hydrogen-bond acceptors (Lipinski definition) is 5. The fourth-order valence-electron chi connectivity index (χ4n) is 1.28. The summed E-state index contributed by atoms with van der Waals surface area (Å²) in [6.07, 6.45) is -0.0546. The molecule has 6 heteroatoms. The van der Waals surface area contributed by atoms with Crippen molar-refractivity contribution >= 4 is 17.8 Å². The van der Waals surface area contributed by atoms with Gasteiger partial charge < -0.3 is 14.8 Å². The molecule has 98 valence electrons. The lowest BCUT2D eigenvalue weighted by Crippen LogP contribution is -2.42. The number of amides is 1. The third-order valence-corrected chi connectivity index (χ3v) is 2.27. The molecule has 0 aromatic heterocycles. The zero-order valence-electron chi connectivity index (χ0n) is 10.8. The lowest BCUT2D eigenvalue weighted by Gasteiger charge is -2.21. The van der Waals surface area contributed by atoms with Gasteiger partial charge in [0.25, 0.3) is 0 Å². The molecule has 6 nitrogen and oxygen atoms in total. The molecule has 1 amide bonds. The third-order valence-electron chi connectivity index (χ3n) is 2.27. The van der Waals surface area contributed by atoms with E-state index in [0.717, 1.165) is 0 Å². The monoisotopic (exact) mass is 245 g/mol. The minimum atomic E-state index is -0.922. The maximum atomic E-state index is 11.6. The zero-order valence-corrected chi connectivity index (χ0v) is 10.8. The largest absolute Gasteiger partial charge is 0.469 e. The van der Waals surface area contributed by atoms with Gasteiger partial charge in [0.15, 0.2) is 0 Å². The fourth-order valence-corrected chi connectivity index (χ4v) is 1.28. The van der Waals surface area contributed by atoms with E-state index in [1.807, 2.05) is 0 Å². The summed E-state index contributed by atoms with van der Waals surface area (Å²) < 4.78 is 9.05. The van der Waals surface area contributed by atoms with E-state index in [0.29, 0.717) is 0 Å². The van der Waals surface area contributed by atoms with E-state index < -0.39 is 29.3 Å². The highest BCUT2D eigenvalue weighted by Crippen LogP contribution is 2.21. The molecule has 17 heavy (non-hydrogen) atoms. The van der Waals surface area contributed by atoms with Crippen LogP contribution in [0.3, 0.4) is 0 Å². The van der Waals surface area contributed by atoms with Crippen LogP contribution in [0.2, 0.25) is 0 Å². The Morgan fingerprint density at radius 3 is 2.12 bits per heavy atom. The number of nitrogens with one attached hydrogen (secondary N) is 1. The Hall–Kier alpha value is -1.59. The molecule has 0 bridgehead atoms. The quantitative estimate of drug-likeness (QED) is 0.702. The van der Waals surface area contributed by atoms with Gasteiger partial charge in [-0.2, -0.15) is 0 Å². The first-order chi connectivity index (χ1) is 7.74. The molecule has 0 aliphatic rings. The van der Waals surface area contributed by atoms with E-state index in [1.54, 1.807) is 13.8 Å². The van der Waals surface area contributed by atoms with Gasteiger partial charge in [0.2, 0.25) is 5.91 Å². The highest BCUT2D eigenvalue weighted by atomic mass is 16.5. The molecular weight excluding hydrogens is 226 g/mol. The summed E-state index contributed by atoms with van der Waals surface area (Å²) in [5, 5.41) is 2.44. The van der Waals surface area contributed by atoms with Gasteiger partial charge in [0.1, 0.15) is 6.04 Å². The Labute approximate surface area is 101 Å². The third kappa shape index (κ3) is 4.84. The van der Waals surface area contributed by atoms with Crippen molar-refractivity contribution in [3.05, 3.63) is 0 Å². The first kappa shape index (κ1) is 15.4. The fraction of sp³-hybridized carbons (Fsp3) is 0.727. The highest BCUT2D eigenvalue weighted by Gasteiger charge is 2.32. The Morgan fingerprint density at radius 2 is 1.71 bits per heavy atom. The van der Waals surface area contributed by atoms with E-state index in [2.05, 4.69) is 14.8 Å². The molecule has 0 fully saturated rings. The van der Waals surface area contributed by atoms with Crippen LogP contribution in [-0.2, 0) is 23.9 Å². The number of ether oxygens (including phenoxy) is 2. The smallest absolute Gasteiger partial charge is 0.328 e. The molecule has 0 spiro atoms. The Bertz CT molecular complexity index is 311. The molecule has 0 aliphatic heterocycles. The molecule has 1 atom stereocenters. The van der Waals surface area contributed by atoms with Crippen molar-refractivity contribution in [2.24, 2.45) is 5.41 Å². The molecule has 0 saturated carbocycles. The number of methoxy groups -OCH3 is 2. The summed E-state index contributed by atoms with van der Waals surface area (Å²) >= 11 is 0. The van der Waals surface area contributed by atoms with Gasteiger partial charge in [-0.3, -0.25) is 9.59 Å². The van der Waals surface area contributed by atoms with Gasteiger partial charge in [-0.1, -0.05) is 0 Å². The first-order valence-electron chi connectivity index (χ1n) is 5.20. The molecule has 1 N–H and O–H groups in total. The van der Waals surface area contributed by atoms with Crippen LogP contribution in [0.1, 0.15) is 27.2 Å². The SMILES string of the molecule is COC(=O)C(C)NC(=O)CC(C)(C)C(=O)OC. The zero-order chi connectivity index (χ0) is 13.6. The van der Waals surface area contributed by atoms with Crippen molar-refractivity contribution < 1.29 is 23.9 Å². The van der Waals surface area contributed by atoms with E-state index >= 15 is 0 Å². The standard InChI is InChI=1S/C11H19NO5/c1-7(9(14)16-4)12-8(13)6-11(2,3)10(15)17-5/h7H,6H2,1-5H3,(H,12,13). The van der Waals surface area contributed by atoms with E-state index in [4.69, 9.17) is 0 Å². The first-order valence-corrected chi connectivity index (χ1v) is 5.20. The average Bonchev–Trinajstić information content (AvgIpc) is 2.25. The number of hydrogen-bond donors (Lipinski definition) is 1. The van der Waals surface area contributed by atoms with Crippen molar-refractivity contribution in [3.8, 4) is 0 Å². The second kappa shape index (κ2) is 6.22. The number of esters is 2. The van der Waals surface area contributed by atoms with Crippen LogP contribution in [0, 0.1) is 5.41 Å². The Kier molecular flexibility index (Phi) is 5.64. The molecule has 0 rings (SSSR count). The Morgan fingerprint density at radius 1 is 1.18 bits per heavy atom. The van der Waals surface area contributed by atoms with Crippen molar-refractivity contribution in [2.45, 2.75) is 33.2 Å². The average molecular weight is 245 g/mol. The van der Waals surface area contributed by atoms with E-state index in [-0.39, 0.29) is 6.42 Å². The summed E-state index contributed by atoms with van der Waals surface area (Å²) in [6, 6.07) is -0.735. The van der Waals surface area contributed by atoms with Gasteiger partial charge in [0.05, 0.1) is 19.6 Å². The van der Waals surface area contributed by atoms with Crippen LogP contribution < -0.4 is 5.32 Å². The van der Waals surface area contributed by atoms with Gasteiger partial charge in [-0.05, 0) is 20.8 Å². The second-order valence-corrected chi connectivity index (χ2v) is 4.36. The summed E-state index contributed by atoms with van der Waals surface area (Å²) in [4.78, 5) is 34.0. The summed E-state index contributed by atoms with van der Waals surface area (Å²) in [7, 11) is 2.50. The van der Waals surface area contributed by atoms with Crippen LogP contribution in [-0.4, -0.2) is 38.1 Å². The topological polar surface area (TPSA) is 81.7 Å². The van der Waals surface area contributed by atoms with Gasteiger partial charge in [0, 0.05) is 6.42 Å². The molecule has 0 saturated heterocycles. The predicted molar refractivity (Wildman–Crippen MR) is 60.0 cm³/mol.